The average molecular weight is 527 g/mol. The highest BCUT2D eigenvalue weighted by atomic mass is 32.1. The summed E-state index contributed by atoms with van der Waals surface area (Å²) < 4.78 is 6.92. The third kappa shape index (κ3) is 5.23. The number of amides is 2. The summed E-state index contributed by atoms with van der Waals surface area (Å²) in [5.41, 5.74) is 1.83. The molecule has 0 bridgehead atoms. The van der Waals surface area contributed by atoms with Gasteiger partial charge in [-0.3, -0.25) is 14.2 Å². The number of anilines is 1. The number of rotatable bonds is 9. The number of nitrogens with zero attached hydrogens (tertiary/aromatic N) is 4. The van der Waals surface area contributed by atoms with E-state index in [1.54, 1.807) is 22.6 Å². The molecular weight excluding hydrogens is 492 g/mol. The summed E-state index contributed by atoms with van der Waals surface area (Å²) in [5.74, 6) is 1.71. The van der Waals surface area contributed by atoms with Gasteiger partial charge < -0.3 is 20.3 Å². The molecule has 1 aliphatic heterocycles. The molecule has 2 aromatic rings. The fourth-order valence-corrected chi connectivity index (χ4v) is 6.93. The van der Waals surface area contributed by atoms with Crippen molar-refractivity contribution in [2.24, 2.45) is 11.8 Å². The SMILES string of the molecule is COC(=O)N1CC[C@H](Nc2nncn2[C@H]2CCc3sc(CC(=O)C4CC4)c(C(=O)NCC4CC4)c3C2)C1. The van der Waals surface area contributed by atoms with E-state index in [4.69, 9.17) is 4.74 Å². The van der Waals surface area contributed by atoms with Crippen LogP contribution in [0.25, 0.3) is 0 Å². The highest BCUT2D eigenvalue weighted by Crippen LogP contribution is 2.41. The summed E-state index contributed by atoms with van der Waals surface area (Å²) in [4.78, 5) is 41.8. The first kappa shape index (κ1) is 24.4. The molecule has 6 rings (SSSR count). The number of hydrogen-bond acceptors (Lipinski definition) is 8. The van der Waals surface area contributed by atoms with Gasteiger partial charge >= 0.3 is 6.09 Å². The van der Waals surface area contributed by atoms with Gasteiger partial charge in [0, 0.05) is 53.8 Å². The van der Waals surface area contributed by atoms with Crippen molar-refractivity contribution in [2.75, 3.05) is 32.1 Å². The number of carbonyl (C=O) groups excluding carboxylic acids is 3. The van der Waals surface area contributed by atoms with Crippen LogP contribution in [-0.2, 0) is 28.8 Å². The van der Waals surface area contributed by atoms with Crippen LogP contribution in [-0.4, -0.2) is 70.2 Å². The lowest BCUT2D eigenvalue weighted by Gasteiger charge is -2.26. The Morgan fingerprint density at radius 1 is 1.16 bits per heavy atom. The Labute approximate surface area is 220 Å². The number of hydrogen-bond donors (Lipinski definition) is 2. The number of carbonyl (C=O) groups is 3. The zero-order valence-corrected chi connectivity index (χ0v) is 22.0. The quantitative estimate of drug-likeness (QED) is 0.516. The first-order valence-electron chi connectivity index (χ1n) is 13.4. The second-order valence-electron chi connectivity index (χ2n) is 10.9. The lowest BCUT2D eigenvalue weighted by molar-refractivity contribution is -0.119. The minimum Gasteiger partial charge on any atom is -0.453 e. The van der Waals surface area contributed by atoms with E-state index in [0.717, 1.165) is 48.1 Å². The van der Waals surface area contributed by atoms with E-state index in [2.05, 4.69) is 25.4 Å². The van der Waals surface area contributed by atoms with E-state index in [-0.39, 0.29) is 35.8 Å². The van der Waals surface area contributed by atoms with Crippen molar-refractivity contribution in [3.8, 4) is 0 Å². The van der Waals surface area contributed by atoms with Gasteiger partial charge in [0.25, 0.3) is 5.91 Å². The number of ether oxygens (including phenoxy) is 1. The molecule has 2 saturated carbocycles. The topological polar surface area (TPSA) is 118 Å². The molecule has 4 aliphatic rings. The number of nitrogens with one attached hydrogen (secondary N) is 2. The van der Waals surface area contributed by atoms with E-state index in [9.17, 15) is 14.4 Å². The molecule has 0 spiro atoms. The number of methoxy groups -OCH3 is 1. The largest absolute Gasteiger partial charge is 0.453 e. The van der Waals surface area contributed by atoms with E-state index in [1.807, 2.05) is 0 Å². The zero-order valence-electron chi connectivity index (χ0n) is 21.2. The molecule has 37 heavy (non-hydrogen) atoms. The van der Waals surface area contributed by atoms with E-state index >= 15 is 0 Å². The van der Waals surface area contributed by atoms with Crippen LogP contribution in [0.4, 0.5) is 10.7 Å². The van der Waals surface area contributed by atoms with Gasteiger partial charge in [-0.15, -0.1) is 21.5 Å². The standard InChI is InChI=1S/C26H34N6O4S/c1-36-26(35)31-9-8-17(13-31)29-25-30-28-14-32(25)18-6-7-21-19(10-18)23(24(34)27-12-15-2-3-15)22(37-21)11-20(33)16-4-5-16/h14-18H,2-13H2,1H3,(H,27,34)(H,29,30)/t17-,18-/m0/s1. The Hall–Kier alpha value is -2.95. The van der Waals surface area contributed by atoms with E-state index in [0.29, 0.717) is 44.3 Å². The fourth-order valence-electron chi connectivity index (χ4n) is 5.57. The van der Waals surface area contributed by atoms with Crippen molar-refractivity contribution in [1.82, 2.24) is 25.0 Å². The van der Waals surface area contributed by atoms with Crippen molar-refractivity contribution >= 4 is 35.1 Å². The Balaban J connectivity index is 1.20. The molecule has 0 radical (unpaired) electrons. The number of ketones is 1. The van der Waals surface area contributed by atoms with E-state index < -0.39 is 0 Å². The summed E-state index contributed by atoms with van der Waals surface area (Å²) in [7, 11) is 1.40. The fraction of sp³-hybridized carbons (Fsp3) is 0.654. The van der Waals surface area contributed by atoms with Crippen LogP contribution in [0.3, 0.4) is 0 Å². The Bertz CT molecular complexity index is 1200. The summed E-state index contributed by atoms with van der Waals surface area (Å²) >= 11 is 1.66. The molecule has 2 amide bonds. The highest BCUT2D eigenvalue weighted by molar-refractivity contribution is 7.12. The van der Waals surface area contributed by atoms with Gasteiger partial charge in [0.1, 0.15) is 12.1 Å². The van der Waals surface area contributed by atoms with Crippen molar-refractivity contribution < 1.29 is 19.1 Å². The highest BCUT2D eigenvalue weighted by Gasteiger charge is 2.35. The normalized spacial score (nSPS) is 23.0. The van der Waals surface area contributed by atoms with Crippen molar-refractivity contribution in [1.29, 1.82) is 0 Å². The summed E-state index contributed by atoms with van der Waals surface area (Å²) in [6.45, 7) is 1.91. The second kappa shape index (κ2) is 10.1. The molecule has 10 nitrogen and oxygen atoms in total. The zero-order chi connectivity index (χ0) is 25.5. The number of aryl methyl sites for hydroxylation is 1. The Morgan fingerprint density at radius 3 is 2.76 bits per heavy atom. The second-order valence-corrected chi connectivity index (χ2v) is 12.1. The molecule has 0 aromatic carbocycles. The van der Waals surface area contributed by atoms with Crippen LogP contribution in [0.15, 0.2) is 6.33 Å². The molecule has 198 valence electrons. The summed E-state index contributed by atoms with van der Waals surface area (Å²) in [6.07, 6.45) is 9.43. The predicted octanol–water partition coefficient (Wildman–Crippen LogP) is 2.98. The van der Waals surface area contributed by atoms with Crippen LogP contribution >= 0.6 is 11.3 Å². The molecule has 3 heterocycles. The van der Waals surface area contributed by atoms with E-state index in [1.165, 1.54) is 24.8 Å². The number of Topliss-reactive ketones (excluding diaryl/α,β-unsaturated/α-hetero) is 1. The van der Waals surface area contributed by atoms with Gasteiger partial charge in [0.05, 0.1) is 12.7 Å². The number of aromatic nitrogens is 3. The van der Waals surface area contributed by atoms with Crippen molar-refractivity contribution in [3.05, 3.63) is 27.2 Å². The lowest BCUT2D eigenvalue weighted by Crippen LogP contribution is -2.32. The smallest absolute Gasteiger partial charge is 0.409 e. The Kier molecular flexibility index (Phi) is 6.64. The molecule has 3 aliphatic carbocycles. The maximum atomic E-state index is 13.4. The van der Waals surface area contributed by atoms with Gasteiger partial charge in [0.2, 0.25) is 5.95 Å². The van der Waals surface area contributed by atoms with Gasteiger partial charge in [-0.1, -0.05) is 0 Å². The molecule has 2 N–H and O–H groups in total. The molecule has 2 aromatic heterocycles. The van der Waals surface area contributed by atoms with Crippen LogP contribution in [0.2, 0.25) is 0 Å². The summed E-state index contributed by atoms with van der Waals surface area (Å²) in [6, 6.07) is 0.186. The van der Waals surface area contributed by atoms with Crippen LogP contribution in [0.1, 0.15) is 70.2 Å². The lowest BCUT2D eigenvalue weighted by atomic mass is 9.90. The Morgan fingerprint density at radius 2 is 2.00 bits per heavy atom. The molecule has 0 unspecified atom stereocenters. The molecule has 11 heteroatoms. The van der Waals surface area contributed by atoms with Gasteiger partial charge in [-0.2, -0.15) is 0 Å². The monoisotopic (exact) mass is 526 g/mol. The van der Waals surface area contributed by atoms with Crippen molar-refractivity contribution in [3.63, 3.8) is 0 Å². The molecule has 1 saturated heterocycles. The van der Waals surface area contributed by atoms with Crippen LogP contribution in [0, 0.1) is 11.8 Å². The number of thiophene rings is 1. The number of likely N-dealkylation sites (tertiary alicyclic amines) is 1. The first-order chi connectivity index (χ1) is 18.0. The van der Waals surface area contributed by atoms with Gasteiger partial charge in [0.15, 0.2) is 0 Å². The van der Waals surface area contributed by atoms with Gasteiger partial charge in [-0.25, -0.2) is 4.79 Å². The molecule has 2 atom stereocenters. The minimum atomic E-state index is -0.313. The molecular formula is C26H34N6O4S. The maximum absolute atomic E-state index is 13.4. The van der Waals surface area contributed by atoms with Crippen molar-refractivity contribution in [2.45, 2.75) is 69.9 Å². The van der Waals surface area contributed by atoms with Gasteiger partial charge in [-0.05, 0) is 62.8 Å². The summed E-state index contributed by atoms with van der Waals surface area (Å²) in [5, 5.41) is 15.1. The minimum absolute atomic E-state index is 0.0281. The maximum Gasteiger partial charge on any atom is 0.409 e. The van der Waals surface area contributed by atoms with Crippen LogP contribution < -0.4 is 10.6 Å². The first-order valence-corrected chi connectivity index (χ1v) is 14.2. The predicted molar refractivity (Wildman–Crippen MR) is 138 cm³/mol. The molecule has 3 fully saturated rings. The van der Waals surface area contributed by atoms with Crippen LogP contribution in [0.5, 0.6) is 0 Å². The third-order valence-corrected chi connectivity index (χ3v) is 9.36. The third-order valence-electron chi connectivity index (χ3n) is 8.07. The average Bonchev–Trinajstić information content (AvgIpc) is 3.80. The number of fused-ring (bicyclic) bond motifs is 1.